The largest absolute Gasteiger partial charge is 0.373 e. The van der Waals surface area contributed by atoms with E-state index in [1.165, 1.54) is 23.5 Å². The van der Waals surface area contributed by atoms with Gasteiger partial charge in [0, 0.05) is 50.3 Å². The van der Waals surface area contributed by atoms with Crippen molar-refractivity contribution in [1.29, 1.82) is 0 Å². The van der Waals surface area contributed by atoms with E-state index in [4.69, 9.17) is 0 Å². The summed E-state index contributed by atoms with van der Waals surface area (Å²) in [6.07, 6.45) is 2.11. The second kappa shape index (κ2) is 10.4. The summed E-state index contributed by atoms with van der Waals surface area (Å²) in [6, 6.07) is 11.3. The molecule has 0 fully saturated rings. The minimum absolute atomic E-state index is 0.202. The molecule has 1 atom stereocenters. The molecule has 8 nitrogen and oxygen atoms in total. The Morgan fingerprint density at radius 3 is 2.68 bits per heavy atom. The Kier molecular flexibility index (Phi) is 7.17. The smallest absolute Gasteiger partial charge is 0.248 e. The highest BCUT2D eigenvalue weighted by atomic mass is 32.1. The Balaban J connectivity index is 1.61. The van der Waals surface area contributed by atoms with Crippen LogP contribution in [0.25, 0.3) is 11.3 Å². The van der Waals surface area contributed by atoms with Crippen molar-refractivity contribution in [3.63, 3.8) is 0 Å². The van der Waals surface area contributed by atoms with E-state index in [2.05, 4.69) is 25.7 Å². The second-order valence-corrected chi connectivity index (χ2v) is 8.42. The summed E-state index contributed by atoms with van der Waals surface area (Å²) >= 11 is 1.46. The molecule has 34 heavy (non-hydrogen) atoms. The molecule has 3 aromatic heterocycles. The molecule has 0 aliphatic heterocycles. The first-order valence-electron chi connectivity index (χ1n) is 10.9. The van der Waals surface area contributed by atoms with E-state index in [9.17, 15) is 9.18 Å². The van der Waals surface area contributed by atoms with E-state index in [0.717, 1.165) is 22.6 Å². The molecule has 0 aliphatic rings. The first kappa shape index (κ1) is 23.4. The van der Waals surface area contributed by atoms with Gasteiger partial charge in [-0.05, 0) is 36.8 Å². The Morgan fingerprint density at radius 1 is 1.21 bits per heavy atom. The molecule has 0 aliphatic carbocycles. The SMILES string of the molecule is CCn1nc(-c2ccnc(NC)c2)cc1NC(=O)[C@H](Cc1ccc(F)cc1)N(C)c1cscn1. The Labute approximate surface area is 201 Å². The molecule has 0 unspecified atom stereocenters. The number of rotatable bonds is 9. The number of aromatic nitrogens is 4. The second-order valence-electron chi connectivity index (χ2n) is 7.70. The summed E-state index contributed by atoms with van der Waals surface area (Å²) in [5, 5.41) is 12.6. The van der Waals surface area contributed by atoms with Gasteiger partial charge in [0.25, 0.3) is 0 Å². The number of nitrogens with zero attached hydrogens (tertiary/aromatic N) is 5. The molecule has 0 spiro atoms. The Morgan fingerprint density at radius 2 is 2.00 bits per heavy atom. The molecular formula is C24H26FN7OS. The van der Waals surface area contributed by atoms with Crippen LogP contribution in [0.1, 0.15) is 12.5 Å². The number of pyridine rings is 1. The van der Waals surface area contributed by atoms with Gasteiger partial charge in [-0.2, -0.15) is 5.10 Å². The van der Waals surface area contributed by atoms with Crippen molar-refractivity contribution < 1.29 is 9.18 Å². The molecule has 0 saturated heterocycles. The van der Waals surface area contributed by atoms with Crippen LogP contribution in [0.15, 0.2) is 59.6 Å². The lowest BCUT2D eigenvalue weighted by Gasteiger charge is -2.27. The number of likely N-dealkylation sites (N-methyl/N-ethyl adjacent to an activating group) is 1. The summed E-state index contributed by atoms with van der Waals surface area (Å²) in [4.78, 5) is 24.0. The van der Waals surface area contributed by atoms with E-state index in [1.54, 1.807) is 28.5 Å². The minimum atomic E-state index is -0.562. The van der Waals surface area contributed by atoms with Crippen LogP contribution in [-0.2, 0) is 17.8 Å². The van der Waals surface area contributed by atoms with E-state index in [0.29, 0.717) is 24.6 Å². The van der Waals surface area contributed by atoms with Crippen LogP contribution in [-0.4, -0.2) is 45.8 Å². The third-order valence-corrected chi connectivity index (χ3v) is 6.11. The van der Waals surface area contributed by atoms with Gasteiger partial charge in [0.15, 0.2) is 0 Å². The van der Waals surface area contributed by atoms with Crippen molar-refractivity contribution in [2.75, 3.05) is 29.6 Å². The predicted molar refractivity (Wildman–Crippen MR) is 134 cm³/mol. The van der Waals surface area contributed by atoms with Gasteiger partial charge in [0.2, 0.25) is 5.91 Å². The number of amides is 1. The van der Waals surface area contributed by atoms with E-state index < -0.39 is 6.04 Å². The molecule has 0 saturated carbocycles. The maximum atomic E-state index is 13.5. The monoisotopic (exact) mass is 479 g/mol. The number of carbonyl (C=O) groups excluding carboxylic acids is 1. The minimum Gasteiger partial charge on any atom is -0.373 e. The number of benzene rings is 1. The maximum absolute atomic E-state index is 13.5. The number of hydrogen-bond donors (Lipinski definition) is 2. The Hall–Kier alpha value is -3.79. The van der Waals surface area contributed by atoms with Crippen LogP contribution < -0.4 is 15.5 Å². The van der Waals surface area contributed by atoms with Gasteiger partial charge in [-0.25, -0.2) is 19.0 Å². The molecule has 0 bridgehead atoms. The number of carbonyl (C=O) groups is 1. The zero-order valence-electron chi connectivity index (χ0n) is 19.2. The van der Waals surface area contributed by atoms with Crippen molar-refractivity contribution in [3.05, 3.63) is 70.9 Å². The summed E-state index contributed by atoms with van der Waals surface area (Å²) in [7, 11) is 3.64. The van der Waals surface area contributed by atoms with Crippen LogP contribution >= 0.6 is 11.3 Å². The molecular weight excluding hydrogens is 453 g/mol. The van der Waals surface area contributed by atoms with Crippen LogP contribution in [0.3, 0.4) is 0 Å². The number of hydrogen-bond acceptors (Lipinski definition) is 7. The van der Waals surface area contributed by atoms with Gasteiger partial charge in [-0.15, -0.1) is 11.3 Å². The van der Waals surface area contributed by atoms with Crippen molar-refractivity contribution in [1.82, 2.24) is 19.7 Å². The highest BCUT2D eigenvalue weighted by Crippen LogP contribution is 2.25. The van der Waals surface area contributed by atoms with Gasteiger partial charge in [0.1, 0.15) is 29.3 Å². The van der Waals surface area contributed by atoms with Crippen molar-refractivity contribution >= 4 is 34.7 Å². The van der Waals surface area contributed by atoms with Gasteiger partial charge < -0.3 is 15.5 Å². The van der Waals surface area contributed by atoms with Crippen LogP contribution in [0.4, 0.5) is 21.8 Å². The number of nitrogens with one attached hydrogen (secondary N) is 2. The molecule has 4 aromatic rings. The van der Waals surface area contributed by atoms with Crippen molar-refractivity contribution in [3.8, 4) is 11.3 Å². The number of aryl methyl sites for hydroxylation is 1. The van der Waals surface area contributed by atoms with E-state index >= 15 is 0 Å². The van der Waals surface area contributed by atoms with Crippen LogP contribution in [0, 0.1) is 5.82 Å². The molecule has 0 radical (unpaired) electrons. The standard InChI is InChI=1S/C24H26FN7OS/c1-4-32-22(13-19(30-32)17-9-10-27-21(12-17)26-2)29-24(33)20(31(3)23-14-34-15-28-23)11-16-5-7-18(25)8-6-16/h5-10,12-15,20H,4,11H2,1-3H3,(H,26,27)(H,29,33)/t20-/m0/s1. The molecule has 1 amide bonds. The molecule has 10 heteroatoms. The predicted octanol–water partition coefficient (Wildman–Crippen LogP) is 4.29. The first-order chi connectivity index (χ1) is 16.5. The highest BCUT2D eigenvalue weighted by molar-refractivity contribution is 7.07. The fourth-order valence-corrected chi connectivity index (χ4v) is 4.20. The topological polar surface area (TPSA) is 88.0 Å². The van der Waals surface area contributed by atoms with Gasteiger partial charge >= 0.3 is 0 Å². The number of halogens is 1. The highest BCUT2D eigenvalue weighted by Gasteiger charge is 2.26. The summed E-state index contributed by atoms with van der Waals surface area (Å²) in [6.45, 7) is 2.56. The molecule has 176 valence electrons. The number of anilines is 3. The molecule has 3 heterocycles. The average molecular weight is 480 g/mol. The van der Waals surface area contributed by atoms with Crippen LogP contribution in [0.5, 0.6) is 0 Å². The summed E-state index contributed by atoms with van der Waals surface area (Å²) < 4.78 is 15.2. The normalized spacial score (nSPS) is 11.8. The number of thiazole rings is 1. The van der Waals surface area contributed by atoms with Gasteiger partial charge in [-0.3, -0.25) is 4.79 Å². The quantitative estimate of drug-likeness (QED) is 0.372. The molecule has 4 rings (SSSR count). The lowest BCUT2D eigenvalue weighted by atomic mass is 10.0. The molecule has 1 aromatic carbocycles. The van der Waals surface area contributed by atoms with E-state index in [-0.39, 0.29) is 11.7 Å². The summed E-state index contributed by atoms with van der Waals surface area (Å²) in [5.74, 6) is 1.52. The first-order valence-corrected chi connectivity index (χ1v) is 11.8. The Bertz CT molecular complexity index is 1240. The van der Waals surface area contributed by atoms with Crippen LogP contribution in [0.2, 0.25) is 0 Å². The fraction of sp³-hybridized carbons (Fsp3) is 0.250. The maximum Gasteiger partial charge on any atom is 0.248 e. The molecule has 2 N–H and O–H groups in total. The van der Waals surface area contributed by atoms with Gasteiger partial charge in [-0.1, -0.05) is 12.1 Å². The van der Waals surface area contributed by atoms with Crippen molar-refractivity contribution in [2.24, 2.45) is 0 Å². The van der Waals surface area contributed by atoms with Gasteiger partial charge in [0.05, 0.1) is 11.2 Å². The van der Waals surface area contributed by atoms with E-state index in [1.807, 2.05) is 49.5 Å². The summed E-state index contributed by atoms with van der Waals surface area (Å²) in [5.41, 5.74) is 4.21. The average Bonchev–Trinajstić information content (AvgIpc) is 3.53. The lowest BCUT2D eigenvalue weighted by Crippen LogP contribution is -2.44. The zero-order chi connectivity index (χ0) is 24.1. The fourth-order valence-electron chi connectivity index (χ4n) is 3.62. The lowest BCUT2D eigenvalue weighted by molar-refractivity contribution is -0.117. The zero-order valence-corrected chi connectivity index (χ0v) is 20.0. The van der Waals surface area contributed by atoms with Crippen molar-refractivity contribution in [2.45, 2.75) is 25.9 Å². The third kappa shape index (κ3) is 5.23. The third-order valence-electron chi connectivity index (χ3n) is 5.54.